The van der Waals surface area contributed by atoms with E-state index in [0.29, 0.717) is 17.7 Å². The minimum absolute atomic E-state index is 0.0216. The number of sulfonamides is 1. The zero-order valence-corrected chi connectivity index (χ0v) is 14.2. The first-order valence-corrected chi connectivity index (χ1v) is 9.65. The molecule has 21 heavy (non-hydrogen) atoms. The summed E-state index contributed by atoms with van der Waals surface area (Å²) in [4.78, 5) is 8.34. The van der Waals surface area contributed by atoms with Crippen LogP contribution in [0.25, 0.3) is 0 Å². The third-order valence-electron chi connectivity index (χ3n) is 3.59. The average Bonchev–Trinajstić information content (AvgIpc) is 2.48. The summed E-state index contributed by atoms with van der Waals surface area (Å²) >= 11 is 1.81. The van der Waals surface area contributed by atoms with E-state index in [9.17, 15) is 8.42 Å². The lowest BCUT2D eigenvalue weighted by molar-refractivity contribution is 0.340. The van der Waals surface area contributed by atoms with Gasteiger partial charge in [0.15, 0.2) is 0 Å². The molecule has 0 radical (unpaired) electrons. The number of rotatable bonds is 5. The fraction of sp³-hybridized carbons (Fsp3) is 0.692. The molecular weight excluding hydrogens is 308 g/mol. The van der Waals surface area contributed by atoms with E-state index in [-0.39, 0.29) is 10.9 Å². The molecule has 2 atom stereocenters. The Bertz CT molecular complexity index is 562. The molecule has 6 nitrogen and oxygen atoms in total. The maximum atomic E-state index is 12.7. The van der Waals surface area contributed by atoms with E-state index in [1.54, 1.807) is 16.1 Å². The average molecular weight is 330 g/mol. The van der Waals surface area contributed by atoms with E-state index in [0.717, 1.165) is 18.7 Å². The second kappa shape index (κ2) is 6.93. The highest BCUT2D eigenvalue weighted by molar-refractivity contribution is 8.00. The third-order valence-corrected chi connectivity index (χ3v) is 6.87. The molecule has 1 aliphatic heterocycles. The molecule has 0 amide bonds. The topological polar surface area (TPSA) is 75.2 Å². The molecule has 2 heterocycles. The SMILES string of the molecule is CCCNc1ncc(S(=O)(=O)N2CCSC(C)C2C)cn1. The third kappa shape index (κ3) is 3.67. The fourth-order valence-electron chi connectivity index (χ4n) is 2.16. The van der Waals surface area contributed by atoms with Crippen LogP contribution in [0, 0.1) is 0 Å². The summed E-state index contributed by atoms with van der Waals surface area (Å²) in [5.74, 6) is 1.29. The normalized spacial score (nSPS) is 24.0. The number of nitrogens with zero attached hydrogens (tertiary/aromatic N) is 3. The molecule has 0 aromatic carbocycles. The first-order chi connectivity index (χ1) is 9.96. The highest BCUT2D eigenvalue weighted by Crippen LogP contribution is 2.29. The van der Waals surface area contributed by atoms with E-state index in [1.807, 2.05) is 13.8 Å². The monoisotopic (exact) mass is 330 g/mol. The fourth-order valence-corrected chi connectivity index (χ4v) is 5.04. The van der Waals surface area contributed by atoms with Crippen molar-refractivity contribution in [3.05, 3.63) is 12.4 Å². The Morgan fingerprint density at radius 1 is 1.38 bits per heavy atom. The molecule has 0 saturated carbocycles. The van der Waals surface area contributed by atoms with Crippen molar-refractivity contribution >= 4 is 27.7 Å². The number of aromatic nitrogens is 2. The lowest BCUT2D eigenvalue weighted by Crippen LogP contribution is -2.47. The van der Waals surface area contributed by atoms with Crippen LogP contribution in [0.3, 0.4) is 0 Å². The van der Waals surface area contributed by atoms with E-state index in [1.165, 1.54) is 12.4 Å². The van der Waals surface area contributed by atoms with Gasteiger partial charge in [-0.3, -0.25) is 0 Å². The second-order valence-electron chi connectivity index (χ2n) is 5.10. The minimum atomic E-state index is -3.51. The van der Waals surface area contributed by atoms with Crippen molar-refractivity contribution in [2.24, 2.45) is 0 Å². The van der Waals surface area contributed by atoms with Crippen molar-refractivity contribution in [2.75, 3.05) is 24.2 Å². The Morgan fingerprint density at radius 2 is 2.05 bits per heavy atom. The van der Waals surface area contributed by atoms with Gasteiger partial charge in [0.1, 0.15) is 4.90 Å². The van der Waals surface area contributed by atoms with Crippen LogP contribution in [-0.4, -0.2) is 52.8 Å². The van der Waals surface area contributed by atoms with Gasteiger partial charge in [-0.25, -0.2) is 18.4 Å². The van der Waals surface area contributed by atoms with Gasteiger partial charge in [0.25, 0.3) is 0 Å². The predicted molar refractivity (Wildman–Crippen MR) is 86.1 cm³/mol. The van der Waals surface area contributed by atoms with Crippen molar-refractivity contribution < 1.29 is 8.42 Å². The molecule has 0 bridgehead atoms. The molecule has 1 aromatic rings. The highest BCUT2D eigenvalue weighted by Gasteiger charge is 2.35. The van der Waals surface area contributed by atoms with Gasteiger partial charge < -0.3 is 5.32 Å². The quantitative estimate of drug-likeness (QED) is 0.887. The summed E-state index contributed by atoms with van der Waals surface area (Å²) in [6, 6.07) is -0.0216. The molecule has 1 saturated heterocycles. The van der Waals surface area contributed by atoms with Crippen molar-refractivity contribution in [3.63, 3.8) is 0 Å². The van der Waals surface area contributed by atoms with Crippen LogP contribution >= 0.6 is 11.8 Å². The minimum Gasteiger partial charge on any atom is -0.354 e. The van der Waals surface area contributed by atoms with E-state index >= 15 is 0 Å². The van der Waals surface area contributed by atoms with E-state index in [2.05, 4.69) is 22.2 Å². The van der Waals surface area contributed by atoms with E-state index < -0.39 is 10.0 Å². The van der Waals surface area contributed by atoms with Crippen LogP contribution in [0.15, 0.2) is 17.3 Å². The largest absolute Gasteiger partial charge is 0.354 e. The molecule has 1 aromatic heterocycles. The summed E-state index contributed by atoms with van der Waals surface area (Å²) < 4.78 is 26.9. The van der Waals surface area contributed by atoms with Crippen LogP contribution in [0.1, 0.15) is 27.2 Å². The van der Waals surface area contributed by atoms with Gasteiger partial charge in [0.2, 0.25) is 16.0 Å². The molecule has 2 unspecified atom stereocenters. The zero-order chi connectivity index (χ0) is 15.5. The molecule has 1 N–H and O–H groups in total. The molecule has 8 heteroatoms. The first-order valence-electron chi connectivity index (χ1n) is 7.16. The van der Waals surface area contributed by atoms with Crippen molar-refractivity contribution in [1.29, 1.82) is 0 Å². The van der Waals surface area contributed by atoms with Gasteiger partial charge in [-0.05, 0) is 13.3 Å². The number of nitrogens with one attached hydrogen (secondary N) is 1. The van der Waals surface area contributed by atoms with Gasteiger partial charge in [0.05, 0.1) is 12.4 Å². The molecule has 1 fully saturated rings. The lowest BCUT2D eigenvalue weighted by Gasteiger charge is -2.36. The predicted octanol–water partition coefficient (Wildman–Crippen LogP) is 1.81. The smallest absolute Gasteiger partial charge is 0.246 e. The molecule has 118 valence electrons. The maximum Gasteiger partial charge on any atom is 0.246 e. The Hall–Kier alpha value is -0.860. The van der Waals surface area contributed by atoms with E-state index in [4.69, 9.17) is 0 Å². The zero-order valence-electron chi connectivity index (χ0n) is 12.6. The van der Waals surface area contributed by atoms with Crippen molar-refractivity contribution in [2.45, 2.75) is 43.4 Å². The Kier molecular flexibility index (Phi) is 5.45. The lowest BCUT2D eigenvalue weighted by atomic mass is 10.2. The summed E-state index contributed by atoms with van der Waals surface area (Å²) in [7, 11) is -3.51. The van der Waals surface area contributed by atoms with Gasteiger partial charge >= 0.3 is 0 Å². The number of anilines is 1. The first kappa shape index (κ1) is 16.5. The standard InChI is InChI=1S/C13H22N4O2S2/c1-4-5-14-13-15-8-12(9-16-13)21(18,19)17-6-7-20-11(3)10(17)2/h8-11H,4-7H2,1-3H3,(H,14,15,16). The summed E-state index contributed by atoms with van der Waals surface area (Å²) in [5.41, 5.74) is 0. The number of thioether (sulfide) groups is 1. The summed E-state index contributed by atoms with van der Waals surface area (Å²) in [6.07, 6.45) is 3.74. The summed E-state index contributed by atoms with van der Waals surface area (Å²) in [6.45, 7) is 7.36. The summed E-state index contributed by atoms with van der Waals surface area (Å²) in [5, 5.41) is 3.33. The van der Waals surface area contributed by atoms with Gasteiger partial charge in [-0.15, -0.1) is 0 Å². The Labute approximate surface area is 130 Å². The molecule has 2 rings (SSSR count). The van der Waals surface area contributed by atoms with Crippen LogP contribution < -0.4 is 5.32 Å². The molecule has 0 spiro atoms. The Balaban J connectivity index is 2.19. The van der Waals surface area contributed by atoms with Crippen LogP contribution in [0.4, 0.5) is 5.95 Å². The number of hydrogen-bond donors (Lipinski definition) is 1. The molecule has 0 aliphatic carbocycles. The van der Waals surface area contributed by atoms with Crippen molar-refractivity contribution in [3.8, 4) is 0 Å². The van der Waals surface area contributed by atoms with Crippen molar-refractivity contribution in [1.82, 2.24) is 14.3 Å². The second-order valence-corrected chi connectivity index (χ2v) is 8.48. The van der Waals surface area contributed by atoms with Gasteiger partial charge in [0, 0.05) is 30.1 Å². The van der Waals surface area contributed by atoms with Gasteiger partial charge in [-0.2, -0.15) is 16.1 Å². The maximum absolute atomic E-state index is 12.7. The highest BCUT2D eigenvalue weighted by atomic mass is 32.2. The van der Waals surface area contributed by atoms with Crippen LogP contribution in [0.2, 0.25) is 0 Å². The number of hydrogen-bond acceptors (Lipinski definition) is 6. The molecule has 1 aliphatic rings. The van der Waals surface area contributed by atoms with Crippen LogP contribution in [-0.2, 0) is 10.0 Å². The molecular formula is C13H22N4O2S2. The van der Waals surface area contributed by atoms with Crippen LogP contribution in [0.5, 0.6) is 0 Å². The Morgan fingerprint density at radius 3 is 2.67 bits per heavy atom. The van der Waals surface area contributed by atoms with Gasteiger partial charge in [-0.1, -0.05) is 13.8 Å².